The molecule has 0 aromatic heterocycles. The lowest BCUT2D eigenvalue weighted by molar-refractivity contribution is 0.103. The first kappa shape index (κ1) is 17.9. The van der Waals surface area contributed by atoms with E-state index in [2.05, 4.69) is 56.8 Å². The van der Waals surface area contributed by atoms with E-state index in [1.807, 2.05) is 0 Å². The van der Waals surface area contributed by atoms with Crippen LogP contribution in [0.4, 0.5) is 0 Å². The average Bonchev–Trinajstić information content (AvgIpc) is 2.58. The van der Waals surface area contributed by atoms with E-state index < -0.39 is 0 Å². The molecule has 3 atom stereocenters. The first-order valence-corrected chi connectivity index (χ1v) is 8.60. The van der Waals surface area contributed by atoms with Gasteiger partial charge < -0.3 is 10.2 Å². The number of hydrogen-bond acceptors (Lipinski definition) is 3. The maximum absolute atomic E-state index is 3.62. The highest BCUT2D eigenvalue weighted by molar-refractivity contribution is 4.84. The minimum Gasteiger partial charge on any atom is -0.316 e. The summed E-state index contributed by atoms with van der Waals surface area (Å²) >= 11 is 0. The third-order valence-electron chi connectivity index (χ3n) is 4.78. The van der Waals surface area contributed by atoms with Gasteiger partial charge in [-0.2, -0.15) is 0 Å². The number of nitrogens with one attached hydrogen (secondary N) is 1. The van der Waals surface area contributed by atoms with Crippen LogP contribution in [-0.2, 0) is 0 Å². The second kappa shape index (κ2) is 9.01. The van der Waals surface area contributed by atoms with Crippen LogP contribution in [0, 0.1) is 11.8 Å². The minimum absolute atomic E-state index is 0.672. The fourth-order valence-corrected chi connectivity index (χ4v) is 3.26. The van der Waals surface area contributed by atoms with Gasteiger partial charge in [0, 0.05) is 18.6 Å². The molecular weight excluding hydrogens is 246 g/mol. The van der Waals surface area contributed by atoms with Gasteiger partial charge in [-0.15, -0.1) is 0 Å². The van der Waals surface area contributed by atoms with Crippen LogP contribution in [0.15, 0.2) is 0 Å². The first-order chi connectivity index (χ1) is 9.45. The minimum atomic E-state index is 0.672. The molecule has 1 rings (SSSR count). The van der Waals surface area contributed by atoms with Gasteiger partial charge in [0.25, 0.3) is 0 Å². The molecule has 0 bridgehead atoms. The third-order valence-corrected chi connectivity index (χ3v) is 4.78. The molecule has 0 radical (unpaired) electrons. The lowest BCUT2D eigenvalue weighted by atomic mass is 9.99. The molecule has 1 aliphatic rings. The Labute approximate surface area is 127 Å². The lowest BCUT2D eigenvalue weighted by Crippen LogP contribution is -2.49. The van der Waals surface area contributed by atoms with Crippen molar-refractivity contribution in [2.24, 2.45) is 11.8 Å². The van der Waals surface area contributed by atoms with E-state index in [1.54, 1.807) is 0 Å². The summed E-state index contributed by atoms with van der Waals surface area (Å²) in [6.07, 6.45) is 2.57. The second-order valence-corrected chi connectivity index (χ2v) is 7.19. The highest BCUT2D eigenvalue weighted by atomic mass is 15.2. The topological polar surface area (TPSA) is 18.5 Å². The fourth-order valence-electron chi connectivity index (χ4n) is 3.26. The summed E-state index contributed by atoms with van der Waals surface area (Å²) in [5.74, 6) is 1.46. The Bertz CT molecular complexity index is 255. The second-order valence-electron chi connectivity index (χ2n) is 7.19. The van der Waals surface area contributed by atoms with E-state index in [9.17, 15) is 0 Å². The van der Waals surface area contributed by atoms with Crippen LogP contribution in [0.3, 0.4) is 0 Å². The monoisotopic (exact) mass is 283 g/mol. The molecule has 0 spiro atoms. The van der Waals surface area contributed by atoms with Crippen LogP contribution in [0.5, 0.6) is 0 Å². The predicted molar refractivity (Wildman–Crippen MR) is 89.2 cm³/mol. The number of hydrogen-bond donors (Lipinski definition) is 1. The fraction of sp³-hybridized carbons (Fsp3) is 1.00. The van der Waals surface area contributed by atoms with Gasteiger partial charge in [-0.25, -0.2) is 0 Å². The van der Waals surface area contributed by atoms with Crippen molar-refractivity contribution in [1.82, 2.24) is 15.1 Å². The standard InChI is InChI=1S/C17H37N3/c1-7-17-13-19(6)9-8-10-20(17)16(5)15(4)12-18-11-14(2)3/h14-18H,7-13H2,1-6H3. The molecule has 20 heavy (non-hydrogen) atoms. The molecule has 3 nitrogen and oxygen atoms in total. The molecule has 1 fully saturated rings. The largest absolute Gasteiger partial charge is 0.316 e. The smallest absolute Gasteiger partial charge is 0.0223 e. The van der Waals surface area contributed by atoms with E-state index in [1.165, 1.54) is 32.5 Å². The molecule has 1 aliphatic heterocycles. The third kappa shape index (κ3) is 5.71. The molecule has 0 aromatic rings. The Kier molecular flexibility index (Phi) is 8.08. The van der Waals surface area contributed by atoms with Crippen molar-refractivity contribution >= 4 is 0 Å². The van der Waals surface area contributed by atoms with Crippen molar-refractivity contribution < 1.29 is 0 Å². The van der Waals surface area contributed by atoms with Crippen molar-refractivity contribution in [3.05, 3.63) is 0 Å². The number of likely N-dealkylation sites (N-methyl/N-ethyl adjacent to an activating group) is 1. The Hall–Kier alpha value is -0.120. The molecule has 3 unspecified atom stereocenters. The van der Waals surface area contributed by atoms with Gasteiger partial charge in [-0.1, -0.05) is 27.7 Å². The quantitative estimate of drug-likeness (QED) is 0.775. The molecule has 0 saturated carbocycles. The summed E-state index contributed by atoms with van der Waals surface area (Å²) in [6, 6.07) is 1.40. The summed E-state index contributed by atoms with van der Waals surface area (Å²) < 4.78 is 0. The van der Waals surface area contributed by atoms with Crippen LogP contribution in [0.1, 0.15) is 47.5 Å². The zero-order valence-electron chi connectivity index (χ0n) is 14.7. The van der Waals surface area contributed by atoms with Crippen molar-refractivity contribution in [1.29, 1.82) is 0 Å². The Morgan fingerprint density at radius 3 is 2.40 bits per heavy atom. The number of nitrogens with zero attached hydrogens (tertiary/aromatic N) is 2. The molecule has 0 aliphatic carbocycles. The van der Waals surface area contributed by atoms with Crippen molar-refractivity contribution in [2.75, 3.05) is 39.8 Å². The molecule has 1 saturated heterocycles. The van der Waals surface area contributed by atoms with Crippen molar-refractivity contribution in [2.45, 2.75) is 59.5 Å². The van der Waals surface area contributed by atoms with Crippen molar-refractivity contribution in [3.63, 3.8) is 0 Å². The van der Waals surface area contributed by atoms with E-state index in [4.69, 9.17) is 0 Å². The molecular formula is C17H37N3. The van der Waals surface area contributed by atoms with E-state index >= 15 is 0 Å². The zero-order valence-corrected chi connectivity index (χ0v) is 14.7. The maximum atomic E-state index is 3.62. The van der Waals surface area contributed by atoms with E-state index in [0.29, 0.717) is 12.0 Å². The van der Waals surface area contributed by atoms with Crippen LogP contribution in [0.25, 0.3) is 0 Å². The SMILES string of the molecule is CCC1CN(C)CCCN1C(C)C(C)CNCC(C)C. The molecule has 0 aromatic carbocycles. The van der Waals surface area contributed by atoms with Gasteiger partial charge in [0.2, 0.25) is 0 Å². The Morgan fingerprint density at radius 1 is 1.10 bits per heavy atom. The normalized spacial score (nSPS) is 25.6. The lowest BCUT2D eigenvalue weighted by Gasteiger charge is -2.38. The van der Waals surface area contributed by atoms with Crippen molar-refractivity contribution in [3.8, 4) is 0 Å². The van der Waals surface area contributed by atoms with Gasteiger partial charge in [0.1, 0.15) is 0 Å². The van der Waals surface area contributed by atoms with Gasteiger partial charge >= 0.3 is 0 Å². The average molecular weight is 284 g/mol. The van der Waals surface area contributed by atoms with Gasteiger partial charge in [0.05, 0.1) is 0 Å². The predicted octanol–water partition coefficient (Wildman–Crippen LogP) is 2.67. The molecule has 120 valence electrons. The van der Waals surface area contributed by atoms with Gasteiger partial charge in [0.15, 0.2) is 0 Å². The molecule has 1 heterocycles. The maximum Gasteiger partial charge on any atom is 0.0223 e. The summed E-state index contributed by atoms with van der Waals surface area (Å²) in [7, 11) is 2.27. The van der Waals surface area contributed by atoms with Crippen LogP contribution < -0.4 is 5.32 Å². The summed E-state index contributed by atoms with van der Waals surface area (Å²) in [5.41, 5.74) is 0. The van der Waals surface area contributed by atoms with Crippen LogP contribution in [0.2, 0.25) is 0 Å². The number of rotatable bonds is 7. The van der Waals surface area contributed by atoms with Crippen LogP contribution in [-0.4, -0.2) is 61.7 Å². The Balaban J connectivity index is 2.51. The van der Waals surface area contributed by atoms with E-state index in [-0.39, 0.29) is 0 Å². The van der Waals surface area contributed by atoms with Gasteiger partial charge in [-0.05, 0) is 64.8 Å². The molecule has 1 N–H and O–H groups in total. The highest BCUT2D eigenvalue weighted by Crippen LogP contribution is 2.19. The summed E-state index contributed by atoms with van der Waals surface area (Å²) in [4.78, 5) is 5.27. The Morgan fingerprint density at radius 2 is 1.80 bits per heavy atom. The first-order valence-electron chi connectivity index (χ1n) is 8.60. The zero-order chi connectivity index (χ0) is 15.1. The van der Waals surface area contributed by atoms with Crippen LogP contribution >= 0.6 is 0 Å². The molecule has 3 heteroatoms. The summed E-state index contributed by atoms with van der Waals surface area (Å²) in [6.45, 7) is 17.7. The summed E-state index contributed by atoms with van der Waals surface area (Å²) in [5, 5.41) is 3.62. The van der Waals surface area contributed by atoms with E-state index in [0.717, 1.165) is 25.0 Å². The molecule has 0 amide bonds. The highest BCUT2D eigenvalue weighted by Gasteiger charge is 2.28. The van der Waals surface area contributed by atoms with Gasteiger partial charge in [-0.3, -0.25) is 4.90 Å².